The molecule has 1 unspecified atom stereocenters. The number of rotatable bonds is 7. The largest absolute Gasteiger partial charge is 0.473 e. The molecule has 1 atom stereocenters. The lowest BCUT2D eigenvalue weighted by Gasteiger charge is -2.32. The van der Waals surface area contributed by atoms with Gasteiger partial charge in [-0.1, -0.05) is 35.9 Å². The highest BCUT2D eigenvalue weighted by Crippen LogP contribution is 2.33. The average molecular weight is 507 g/mol. The number of aliphatic carboxylic acids is 2. The van der Waals surface area contributed by atoms with Crippen LogP contribution in [0.2, 0.25) is 5.02 Å². The molecule has 0 bridgehead atoms. The van der Waals surface area contributed by atoms with Crippen molar-refractivity contribution in [2.45, 2.75) is 31.5 Å². The molecule has 0 spiro atoms. The Hall–Kier alpha value is -2.56. The van der Waals surface area contributed by atoms with Crippen molar-refractivity contribution < 1.29 is 29.6 Å². The monoisotopic (exact) mass is 506 g/mol. The Labute approximate surface area is 206 Å². The second-order valence-corrected chi connectivity index (χ2v) is 9.50. The lowest BCUT2D eigenvalue weighted by Crippen LogP contribution is -2.39. The van der Waals surface area contributed by atoms with Gasteiger partial charge in [-0.3, -0.25) is 0 Å². The minimum Gasteiger partial charge on any atom is -0.473 e. The number of piperidine rings is 1. The number of hydrogen-bond donors (Lipinski definition) is 3. The third-order valence-corrected chi connectivity index (χ3v) is 6.84. The van der Waals surface area contributed by atoms with Crippen molar-refractivity contribution in [3.05, 3.63) is 64.1 Å². The predicted octanol–water partition coefficient (Wildman–Crippen LogP) is 3.86. The van der Waals surface area contributed by atoms with Gasteiger partial charge in [0.05, 0.1) is 34.5 Å². The van der Waals surface area contributed by atoms with Crippen molar-refractivity contribution in [1.29, 1.82) is 0 Å². The topological polar surface area (TPSA) is 120 Å². The number of carboxylic acids is 2. The first-order valence-electron chi connectivity index (χ1n) is 10.9. The summed E-state index contributed by atoms with van der Waals surface area (Å²) in [7, 11) is 0. The molecule has 1 aliphatic heterocycles. The molecule has 3 aromatic rings. The van der Waals surface area contributed by atoms with Crippen LogP contribution < -0.4 is 0 Å². The van der Waals surface area contributed by atoms with Crippen LogP contribution in [0.15, 0.2) is 48.5 Å². The van der Waals surface area contributed by atoms with Crippen LogP contribution in [0.25, 0.3) is 10.2 Å². The fourth-order valence-electron chi connectivity index (χ4n) is 3.67. The third kappa shape index (κ3) is 8.03. The summed E-state index contributed by atoms with van der Waals surface area (Å²) in [5.41, 5.74) is 2.17. The van der Waals surface area contributed by atoms with Crippen LogP contribution in [0.3, 0.4) is 0 Å². The zero-order chi connectivity index (χ0) is 24.5. The number of aliphatic hydroxyl groups excluding tert-OH is 1. The summed E-state index contributed by atoms with van der Waals surface area (Å²) >= 11 is 7.71. The van der Waals surface area contributed by atoms with E-state index in [4.69, 9.17) is 41.1 Å². The van der Waals surface area contributed by atoms with Crippen molar-refractivity contribution in [3.63, 3.8) is 0 Å². The van der Waals surface area contributed by atoms with Crippen molar-refractivity contribution in [2.75, 3.05) is 26.2 Å². The molecule has 1 aliphatic rings. The van der Waals surface area contributed by atoms with Crippen molar-refractivity contribution in [1.82, 2.24) is 9.88 Å². The lowest BCUT2D eigenvalue weighted by atomic mass is 9.97. The van der Waals surface area contributed by atoms with Crippen LogP contribution in [0.5, 0.6) is 0 Å². The first kappa shape index (κ1) is 26.1. The van der Waals surface area contributed by atoms with Gasteiger partial charge in [0.15, 0.2) is 0 Å². The summed E-state index contributed by atoms with van der Waals surface area (Å²) in [6, 6.07) is 16.0. The van der Waals surface area contributed by atoms with Crippen LogP contribution in [-0.4, -0.2) is 69.5 Å². The zero-order valence-corrected chi connectivity index (χ0v) is 20.0. The van der Waals surface area contributed by atoms with E-state index in [-0.39, 0.29) is 0 Å². The number of nitrogens with zero attached hydrogens (tertiary/aromatic N) is 2. The summed E-state index contributed by atoms with van der Waals surface area (Å²) in [5.74, 6) is -3.11. The van der Waals surface area contributed by atoms with E-state index >= 15 is 0 Å². The summed E-state index contributed by atoms with van der Waals surface area (Å²) in [5, 5.41) is 27.1. The molecule has 0 amide bonds. The predicted molar refractivity (Wildman–Crippen MR) is 130 cm³/mol. The Bertz CT molecular complexity index is 1040. The highest BCUT2D eigenvalue weighted by molar-refractivity contribution is 7.18. The molecule has 1 saturated heterocycles. The maximum Gasteiger partial charge on any atom is 0.414 e. The van der Waals surface area contributed by atoms with Gasteiger partial charge >= 0.3 is 11.9 Å². The number of carboxylic acid groups (broad SMARTS) is 2. The molecule has 0 radical (unpaired) electrons. The standard InChI is InChI=1S/C22H25ClN2O2S.C2H2O4/c23-18-7-5-16(6-8-18)14-27-15-19(26)13-25-11-9-17(10-12-25)22-24-20-3-1-2-4-21(20)28-22;3-1(4)2(5)6/h1-8,17,19,26H,9-15H2;(H,3,4)(H,5,6). The molecule has 1 fully saturated rings. The number of hydrogen-bond acceptors (Lipinski definition) is 7. The van der Waals surface area contributed by atoms with Gasteiger partial charge in [0.2, 0.25) is 0 Å². The molecule has 0 aliphatic carbocycles. The number of aromatic nitrogens is 1. The Morgan fingerprint density at radius 3 is 2.35 bits per heavy atom. The molecule has 8 nitrogen and oxygen atoms in total. The second kappa shape index (κ2) is 12.8. The molecule has 3 N–H and O–H groups in total. The van der Waals surface area contributed by atoms with E-state index in [9.17, 15) is 5.11 Å². The van der Waals surface area contributed by atoms with Crippen molar-refractivity contribution in [2.24, 2.45) is 0 Å². The maximum atomic E-state index is 10.3. The Kier molecular flexibility index (Phi) is 9.79. The molecule has 4 rings (SSSR count). The highest BCUT2D eigenvalue weighted by atomic mass is 35.5. The zero-order valence-electron chi connectivity index (χ0n) is 18.5. The number of aliphatic hydroxyl groups is 1. The van der Waals surface area contributed by atoms with E-state index in [1.54, 1.807) is 0 Å². The van der Waals surface area contributed by atoms with Gasteiger partial charge in [0, 0.05) is 17.5 Å². The van der Waals surface area contributed by atoms with Gasteiger partial charge in [0.25, 0.3) is 0 Å². The molecule has 10 heteroatoms. The van der Waals surface area contributed by atoms with Crippen LogP contribution in [0, 0.1) is 0 Å². The molecule has 182 valence electrons. The molecule has 1 aromatic heterocycles. The highest BCUT2D eigenvalue weighted by Gasteiger charge is 2.24. The maximum absolute atomic E-state index is 10.3. The Morgan fingerprint density at radius 1 is 1.09 bits per heavy atom. The van der Waals surface area contributed by atoms with Crippen LogP contribution >= 0.6 is 22.9 Å². The minimum atomic E-state index is -1.82. The molecule has 34 heavy (non-hydrogen) atoms. The molecule has 2 aromatic carbocycles. The SMILES string of the molecule is O=C(O)C(=O)O.OC(COCc1ccc(Cl)cc1)CN1CCC(c2nc3ccccc3s2)CC1. The Balaban J connectivity index is 0.000000481. The minimum absolute atomic E-state index is 0.348. The molecular formula is C24H27ClN2O6S. The Morgan fingerprint density at radius 2 is 1.74 bits per heavy atom. The number of benzene rings is 2. The van der Waals surface area contributed by atoms with Gasteiger partial charge < -0.3 is 25.0 Å². The second-order valence-electron chi connectivity index (χ2n) is 8.00. The van der Waals surface area contributed by atoms with Gasteiger partial charge in [-0.15, -0.1) is 11.3 Å². The van der Waals surface area contributed by atoms with Crippen molar-refractivity contribution >= 4 is 45.1 Å². The number of ether oxygens (including phenoxy) is 1. The van der Waals surface area contributed by atoms with Gasteiger partial charge in [-0.2, -0.15) is 0 Å². The smallest absolute Gasteiger partial charge is 0.414 e. The van der Waals surface area contributed by atoms with Crippen LogP contribution in [0.4, 0.5) is 0 Å². The fourth-order valence-corrected chi connectivity index (χ4v) is 4.93. The van der Waals surface area contributed by atoms with Crippen molar-refractivity contribution in [3.8, 4) is 0 Å². The number of halogens is 1. The lowest BCUT2D eigenvalue weighted by molar-refractivity contribution is -0.159. The summed E-state index contributed by atoms with van der Waals surface area (Å²) in [6.07, 6.45) is 1.72. The van der Waals surface area contributed by atoms with E-state index in [0.717, 1.165) is 42.0 Å². The normalized spacial score (nSPS) is 15.5. The third-order valence-electron chi connectivity index (χ3n) is 5.39. The van der Waals surface area contributed by atoms with Gasteiger partial charge in [-0.05, 0) is 55.8 Å². The quantitative estimate of drug-likeness (QED) is 0.413. The van der Waals surface area contributed by atoms with Gasteiger partial charge in [0.1, 0.15) is 0 Å². The molecule has 0 saturated carbocycles. The van der Waals surface area contributed by atoms with Gasteiger partial charge in [-0.25, -0.2) is 14.6 Å². The van der Waals surface area contributed by atoms with E-state index < -0.39 is 18.0 Å². The number of fused-ring (bicyclic) bond motifs is 1. The van der Waals surface area contributed by atoms with E-state index in [0.29, 0.717) is 25.7 Å². The van der Waals surface area contributed by atoms with E-state index in [1.165, 1.54) is 9.71 Å². The van der Waals surface area contributed by atoms with E-state index in [1.807, 2.05) is 41.7 Å². The average Bonchev–Trinajstić information content (AvgIpc) is 3.25. The summed E-state index contributed by atoms with van der Waals surface area (Å²) in [4.78, 5) is 25.4. The summed E-state index contributed by atoms with van der Waals surface area (Å²) < 4.78 is 6.93. The first-order chi connectivity index (χ1) is 16.3. The summed E-state index contributed by atoms with van der Waals surface area (Å²) in [6.45, 7) is 3.49. The van der Waals surface area contributed by atoms with Crippen LogP contribution in [0.1, 0.15) is 29.3 Å². The molecule has 2 heterocycles. The van der Waals surface area contributed by atoms with E-state index in [2.05, 4.69) is 23.1 Å². The number of β-amino-alcohol motifs (C(OH)–C–C–N with tert-alkyl or cyclic N) is 1. The first-order valence-corrected chi connectivity index (χ1v) is 12.1. The number of likely N-dealkylation sites (tertiary alicyclic amines) is 1. The number of carbonyl (C=O) groups is 2. The number of para-hydroxylation sites is 1. The number of thiazole rings is 1. The fraction of sp³-hybridized carbons (Fsp3) is 0.375. The van der Waals surface area contributed by atoms with Crippen LogP contribution in [-0.2, 0) is 20.9 Å². The molecular weight excluding hydrogens is 480 g/mol.